The Bertz CT molecular complexity index is 229. The monoisotopic (exact) mass is 197 g/mol. The molecule has 1 heterocycles. The van der Waals surface area contributed by atoms with Gasteiger partial charge in [0.1, 0.15) is 4.88 Å². The van der Waals surface area contributed by atoms with Crippen LogP contribution in [0.1, 0.15) is 23.7 Å². The Morgan fingerprint density at radius 1 is 1.33 bits per heavy atom. The van der Waals surface area contributed by atoms with Crippen LogP contribution < -0.4 is 0 Å². The molecule has 70 valence electrons. The molecule has 0 radical (unpaired) electrons. The van der Waals surface area contributed by atoms with Crippen LogP contribution in [-0.4, -0.2) is 4.98 Å². The Morgan fingerprint density at radius 3 is 2.00 bits per heavy atom. The lowest BCUT2D eigenvalue weighted by Crippen LogP contribution is -2.00. The van der Waals surface area contributed by atoms with Gasteiger partial charge >= 0.3 is 6.18 Å². The van der Waals surface area contributed by atoms with E-state index >= 15 is 0 Å². The van der Waals surface area contributed by atoms with Crippen molar-refractivity contribution in [1.82, 2.24) is 4.98 Å². The van der Waals surface area contributed by atoms with Crippen molar-refractivity contribution in [1.29, 1.82) is 0 Å². The molecular weight excluding hydrogens is 187 g/mol. The van der Waals surface area contributed by atoms with Gasteiger partial charge in [-0.2, -0.15) is 13.2 Å². The van der Waals surface area contributed by atoms with E-state index < -0.39 is 11.1 Å². The van der Waals surface area contributed by atoms with Crippen LogP contribution in [0.5, 0.6) is 0 Å². The highest BCUT2D eigenvalue weighted by Crippen LogP contribution is 2.32. The first-order chi connectivity index (χ1) is 5.50. The minimum Gasteiger partial charge on any atom is -0.249 e. The van der Waals surface area contributed by atoms with Crippen molar-refractivity contribution in [3.05, 3.63) is 16.1 Å². The summed E-state index contributed by atoms with van der Waals surface area (Å²) in [6.07, 6.45) is -3.38. The second kappa shape index (κ2) is 4.45. The number of hydrogen-bond donors (Lipinski definition) is 0. The lowest BCUT2D eigenvalue weighted by Gasteiger charge is -1.98. The van der Waals surface area contributed by atoms with E-state index in [2.05, 4.69) is 4.98 Å². The normalized spacial score (nSPS) is 10.5. The number of aromatic nitrogens is 1. The zero-order valence-corrected chi connectivity index (χ0v) is 7.88. The first-order valence-corrected chi connectivity index (χ1v) is 4.31. The summed E-state index contributed by atoms with van der Waals surface area (Å²) in [6, 6.07) is 0. The number of halogens is 3. The van der Waals surface area contributed by atoms with Crippen LogP contribution in [0.2, 0.25) is 0 Å². The lowest BCUT2D eigenvalue weighted by molar-refractivity contribution is -0.134. The molecule has 12 heavy (non-hydrogen) atoms. The van der Waals surface area contributed by atoms with E-state index in [4.69, 9.17) is 0 Å². The van der Waals surface area contributed by atoms with E-state index in [9.17, 15) is 13.2 Å². The van der Waals surface area contributed by atoms with Gasteiger partial charge in [0, 0.05) is 0 Å². The van der Waals surface area contributed by atoms with Gasteiger partial charge in [-0.25, -0.2) is 4.98 Å². The molecule has 0 aliphatic rings. The molecule has 0 saturated heterocycles. The highest BCUT2D eigenvalue weighted by molar-refractivity contribution is 7.11. The molecule has 1 aromatic heterocycles. The Labute approximate surface area is 73.3 Å². The molecule has 1 rings (SSSR count). The molecule has 0 N–H and O–H groups in total. The van der Waals surface area contributed by atoms with Gasteiger partial charge < -0.3 is 0 Å². The van der Waals surface area contributed by atoms with Crippen LogP contribution in [0.25, 0.3) is 0 Å². The molecule has 0 saturated carbocycles. The van der Waals surface area contributed by atoms with E-state index in [1.54, 1.807) is 6.92 Å². The van der Waals surface area contributed by atoms with Gasteiger partial charge in [0.2, 0.25) is 0 Å². The minimum absolute atomic E-state index is 0.437. The molecule has 1 aromatic rings. The van der Waals surface area contributed by atoms with Gasteiger partial charge in [0.05, 0.1) is 11.2 Å². The molecule has 0 amide bonds. The molecule has 0 fully saturated rings. The van der Waals surface area contributed by atoms with Crippen LogP contribution in [0.15, 0.2) is 6.20 Å². The van der Waals surface area contributed by atoms with Crippen LogP contribution in [0, 0.1) is 6.92 Å². The largest absolute Gasteiger partial charge is 0.427 e. The predicted octanol–water partition coefficient (Wildman–Crippen LogP) is 3.50. The van der Waals surface area contributed by atoms with Crippen molar-refractivity contribution < 1.29 is 13.2 Å². The minimum atomic E-state index is -4.23. The van der Waals surface area contributed by atoms with Crippen molar-refractivity contribution in [2.24, 2.45) is 0 Å². The standard InChI is InChI=1S/C5H4F3NS.C2H6/c1-3-9-2-4(10-3)5(6,7)8;1-2/h2H,1H3;1-2H3. The van der Waals surface area contributed by atoms with Gasteiger partial charge in [0.15, 0.2) is 0 Å². The average Bonchev–Trinajstić information content (AvgIpc) is 2.39. The second-order valence-corrected chi connectivity index (χ2v) is 2.98. The molecular formula is C7H10F3NS. The Hall–Kier alpha value is -0.580. The summed E-state index contributed by atoms with van der Waals surface area (Å²) in [5, 5.41) is 0.437. The van der Waals surface area contributed by atoms with Crippen LogP contribution in [-0.2, 0) is 6.18 Å². The van der Waals surface area contributed by atoms with Gasteiger partial charge in [-0.05, 0) is 6.92 Å². The third-order valence-corrected chi connectivity index (χ3v) is 1.86. The summed E-state index contributed by atoms with van der Waals surface area (Å²) in [4.78, 5) is 2.85. The highest BCUT2D eigenvalue weighted by Gasteiger charge is 2.32. The first-order valence-electron chi connectivity index (χ1n) is 3.50. The quantitative estimate of drug-likeness (QED) is 0.620. The van der Waals surface area contributed by atoms with Gasteiger partial charge in [-0.15, -0.1) is 11.3 Å². The van der Waals surface area contributed by atoms with Crippen molar-refractivity contribution >= 4 is 11.3 Å². The zero-order chi connectivity index (χ0) is 9.78. The van der Waals surface area contributed by atoms with Crippen molar-refractivity contribution in [2.75, 3.05) is 0 Å². The SMILES string of the molecule is CC.Cc1ncc(C(F)(F)F)s1. The number of aryl methyl sites for hydroxylation is 1. The second-order valence-electron chi connectivity index (χ2n) is 1.74. The summed E-state index contributed by atoms with van der Waals surface area (Å²) in [7, 11) is 0. The molecule has 0 atom stereocenters. The molecule has 0 aliphatic heterocycles. The summed E-state index contributed by atoms with van der Waals surface area (Å²) >= 11 is 0.659. The van der Waals surface area contributed by atoms with Crippen molar-refractivity contribution in [3.8, 4) is 0 Å². The van der Waals surface area contributed by atoms with Gasteiger partial charge in [-0.3, -0.25) is 0 Å². The van der Waals surface area contributed by atoms with Crippen LogP contribution >= 0.6 is 11.3 Å². The number of hydrogen-bond acceptors (Lipinski definition) is 2. The third-order valence-electron chi connectivity index (χ3n) is 0.901. The van der Waals surface area contributed by atoms with E-state index in [0.29, 0.717) is 16.3 Å². The van der Waals surface area contributed by atoms with E-state index in [0.717, 1.165) is 6.20 Å². The van der Waals surface area contributed by atoms with Gasteiger partial charge in [-0.1, -0.05) is 13.8 Å². The Balaban J connectivity index is 0.000000561. The summed E-state index contributed by atoms with van der Waals surface area (Å²) in [5.41, 5.74) is 0. The Morgan fingerprint density at radius 2 is 1.83 bits per heavy atom. The molecule has 0 spiro atoms. The fraction of sp³-hybridized carbons (Fsp3) is 0.571. The number of thiazole rings is 1. The summed E-state index contributed by atoms with van der Waals surface area (Å²) < 4.78 is 35.3. The topological polar surface area (TPSA) is 12.9 Å². The summed E-state index contributed by atoms with van der Waals surface area (Å²) in [5.74, 6) is 0. The molecule has 0 unspecified atom stereocenters. The predicted molar refractivity (Wildman–Crippen MR) is 43.2 cm³/mol. The van der Waals surface area contributed by atoms with Crippen LogP contribution in [0.3, 0.4) is 0 Å². The molecule has 1 nitrogen and oxygen atoms in total. The van der Waals surface area contributed by atoms with E-state index in [-0.39, 0.29) is 0 Å². The zero-order valence-electron chi connectivity index (χ0n) is 7.07. The fourth-order valence-corrected chi connectivity index (χ4v) is 1.14. The number of alkyl halides is 3. The first kappa shape index (κ1) is 11.4. The molecule has 5 heteroatoms. The summed E-state index contributed by atoms with van der Waals surface area (Å²) in [6.45, 7) is 5.54. The van der Waals surface area contributed by atoms with Crippen molar-refractivity contribution in [3.63, 3.8) is 0 Å². The smallest absolute Gasteiger partial charge is 0.249 e. The van der Waals surface area contributed by atoms with Gasteiger partial charge in [0.25, 0.3) is 0 Å². The number of nitrogens with zero attached hydrogens (tertiary/aromatic N) is 1. The highest BCUT2D eigenvalue weighted by atomic mass is 32.1. The maximum atomic E-state index is 11.8. The van der Waals surface area contributed by atoms with Crippen molar-refractivity contribution in [2.45, 2.75) is 26.9 Å². The molecule has 0 aliphatic carbocycles. The lowest BCUT2D eigenvalue weighted by atomic mass is 10.5. The fourth-order valence-electron chi connectivity index (χ4n) is 0.492. The third kappa shape index (κ3) is 3.21. The maximum absolute atomic E-state index is 11.8. The maximum Gasteiger partial charge on any atom is 0.427 e. The number of rotatable bonds is 0. The molecule has 0 aromatic carbocycles. The van der Waals surface area contributed by atoms with E-state index in [1.807, 2.05) is 13.8 Å². The Kier molecular flexibility index (Phi) is 4.23. The average molecular weight is 197 g/mol. The van der Waals surface area contributed by atoms with Crippen LogP contribution in [0.4, 0.5) is 13.2 Å². The van der Waals surface area contributed by atoms with E-state index in [1.165, 1.54) is 0 Å². The molecule has 0 bridgehead atoms.